The van der Waals surface area contributed by atoms with E-state index >= 15 is 0 Å². The molecule has 0 aromatic carbocycles. The number of likely N-dealkylation sites (N-methyl/N-ethyl adjacent to an activating group) is 2. The molecule has 0 aromatic rings. The van der Waals surface area contributed by atoms with Crippen LogP contribution in [-0.4, -0.2) is 38.4 Å². The SMILES string of the molecule is CNC(C)C(C)OC(C)C(C)NC. The topological polar surface area (TPSA) is 33.3 Å². The molecular weight excluding hydrogens is 164 g/mol. The van der Waals surface area contributed by atoms with Gasteiger partial charge in [0.1, 0.15) is 0 Å². The molecule has 4 unspecified atom stereocenters. The monoisotopic (exact) mass is 188 g/mol. The summed E-state index contributed by atoms with van der Waals surface area (Å²) in [6, 6.07) is 0.790. The Bertz CT molecular complexity index is 116. The maximum Gasteiger partial charge on any atom is 0.0701 e. The molecule has 0 heterocycles. The van der Waals surface area contributed by atoms with Gasteiger partial charge in [0.15, 0.2) is 0 Å². The molecule has 80 valence electrons. The van der Waals surface area contributed by atoms with Crippen LogP contribution in [0.2, 0.25) is 0 Å². The number of rotatable bonds is 6. The van der Waals surface area contributed by atoms with Crippen LogP contribution in [0.25, 0.3) is 0 Å². The molecule has 0 spiro atoms. The van der Waals surface area contributed by atoms with Crippen molar-refractivity contribution in [2.75, 3.05) is 14.1 Å². The average molecular weight is 188 g/mol. The quantitative estimate of drug-likeness (QED) is 0.652. The molecule has 0 saturated carbocycles. The van der Waals surface area contributed by atoms with E-state index in [0.717, 1.165) is 0 Å². The van der Waals surface area contributed by atoms with Gasteiger partial charge in [0.25, 0.3) is 0 Å². The second-order valence-corrected chi connectivity index (χ2v) is 3.70. The Kier molecular flexibility index (Phi) is 6.29. The molecule has 0 amide bonds. The predicted octanol–water partition coefficient (Wildman–Crippen LogP) is 0.996. The summed E-state index contributed by atoms with van der Waals surface area (Å²) in [5, 5.41) is 6.36. The van der Waals surface area contributed by atoms with E-state index in [4.69, 9.17) is 4.74 Å². The van der Waals surface area contributed by atoms with Crippen LogP contribution in [0.3, 0.4) is 0 Å². The lowest BCUT2D eigenvalue weighted by Gasteiger charge is -2.27. The van der Waals surface area contributed by atoms with Gasteiger partial charge in [0, 0.05) is 12.1 Å². The second-order valence-electron chi connectivity index (χ2n) is 3.70. The first-order valence-corrected chi connectivity index (χ1v) is 5.02. The van der Waals surface area contributed by atoms with Crippen LogP contribution in [0.1, 0.15) is 27.7 Å². The Morgan fingerprint density at radius 1 is 0.769 bits per heavy atom. The van der Waals surface area contributed by atoms with Crippen LogP contribution in [0.15, 0.2) is 0 Å². The molecule has 0 rings (SSSR count). The molecule has 4 atom stereocenters. The van der Waals surface area contributed by atoms with Crippen LogP contribution < -0.4 is 10.6 Å². The van der Waals surface area contributed by atoms with Crippen molar-refractivity contribution in [2.24, 2.45) is 0 Å². The predicted molar refractivity (Wildman–Crippen MR) is 57.1 cm³/mol. The second kappa shape index (κ2) is 6.35. The third-order valence-electron chi connectivity index (χ3n) is 2.75. The fraction of sp³-hybridized carbons (Fsp3) is 1.00. The van der Waals surface area contributed by atoms with Crippen molar-refractivity contribution in [1.29, 1.82) is 0 Å². The lowest BCUT2D eigenvalue weighted by molar-refractivity contribution is -0.0215. The third-order valence-corrected chi connectivity index (χ3v) is 2.75. The summed E-state index contributed by atoms with van der Waals surface area (Å²) in [5.41, 5.74) is 0. The molecule has 0 saturated heterocycles. The van der Waals surface area contributed by atoms with Crippen LogP contribution >= 0.6 is 0 Å². The van der Waals surface area contributed by atoms with Gasteiger partial charge < -0.3 is 15.4 Å². The molecule has 0 aliphatic rings. The molecule has 0 radical (unpaired) electrons. The highest BCUT2D eigenvalue weighted by atomic mass is 16.5. The van der Waals surface area contributed by atoms with Crippen molar-refractivity contribution in [2.45, 2.75) is 52.0 Å². The van der Waals surface area contributed by atoms with Gasteiger partial charge in [-0.05, 0) is 41.8 Å². The Morgan fingerprint density at radius 3 is 1.31 bits per heavy atom. The van der Waals surface area contributed by atoms with Crippen molar-refractivity contribution in [1.82, 2.24) is 10.6 Å². The highest BCUT2D eigenvalue weighted by Gasteiger charge is 2.17. The van der Waals surface area contributed by atoms with Crippen LogP contribution in [0.5, 0.6) is 0 Å². The molecule has 0 aliphatic heterocycles. The minimum atomic E-state index is 0.246. The molecule has 0 aromatic heterocycles. The minimum absolute atomic E-state index is 0.246. The van der Waals surface area contributed by atoms with Gasteiger partial charge in [-0.3, -0.25) is 0 Å². The highest BCUT2D eigenvalue weighted by molar-refractivity contribution is 4.72. The fourth-order valence-electron chi connectivity index (χ4n) is 1.04. The van der Waals surface area contributed by atoms with E-state index in [1.165, 1.54) is 0 Å². The van der Waals surface area contributed by atoms with Gasteiger partial charge in [-0.15, -0.1) is 0 Å². The van der Waals surface area contributed by atoms with Gasteiger partial charge in [-0.2, -0.15) is 0 Å². The first-order valence-electron chi connectivity index (χ1n) is 5.02. The molecule has 3 nitrogen and oxygen atoms in total. The van der Waals surface area contributed by atoms with Crippen molar-refractivity contribution < 1.29 is 4.74 Å². The fourth-order valence-corrected chi connectivity index (χ4v) is 1.04. The van der Waals surface area contributed by atoms with Crippen LogP contribution in [-0.2, 0) is 4.74 Å². The zero-order valence-corrected chi connectivity index (χ0v) is 9.72. The number of hydrogen-bond donors (Lipinski definition) is 2. The molecule has 2 N–H and O–H groups in total. The summed E-state index contributed by atoms with van der Waals surface area (Å²) < 4.78 is 5.83. The lowest BCUT2D eigenvalue weighted by Crippen LogP contribution is -2.42. The summed E-state index contributed by atoms with van der Waals surface area (Å²) in [6.45, 7) is 8.45. The summed E-state index contributed by atoms with van der Waals surface area (Å²) >= 11 is 0. The molecule has 0 fully saturated rings. The maximum atomic E-state index is 5.83. The van der Waals surface area contributed by atoms with Gasteiger partial charge in [-0.25, -0.2) is 0 Å². The van der Waals surface area contributed by atoms with E-state index in [9.17, 15) is 0 Å². The van der Waals surface area contributed by atoms with Crippen molar-refractivity contribution in [3.8, 4) is 0 Å². The first kappa shape index (κ1) is 12.9. The maximum absolute atomic E-state index is 5.83. The Morgan fingerprint density at radius 2 is 1.08 bits per heavy atom. The zero-order chi connectivity index (χ0) is 10.4. The van der Waals surface area contributed by atoms with Crippen LogP contribution in [0, 0.1) is 0 Å². The van der Waals surface area contributed by atoms with Gasteiger partial charge in [-0.1, -0.05) is 0 Å². The Labute approximate surface area is 82.2 Å². The zero-order valence-electron chi connectivity index (χ0n) is 9.72. The van der Waals surface area contributed by atoms with E-state index in [2.05, 4.69) is 38.3 Å². The number of ether oxygens (including phenoxy) is 1. The van der Waals surface area contributed by atoms with Gasteiger partial charge in [0.2, 0.25) is 0 Å². The average Bonchev–Trinajstić information content (AvgIpc) is 2.14. The summed E-state index contributed by atoms with van der Waals surface area (Å²) in [7, 11) is 3.91. The highest BCUT2D eigenvalue weighted by Crippen LogP contribution is 2.05. The van der Waals surface area contributed by atoms with Crippen molar-refractivity contribution in [3.63, 3.8) is 0 Å². The normalized spacial score (nSPS) is 20.8. The number of hydrogen-bond acceptors (Lipinski definition) is 3. The lowest BCUT2D eigenvalue weighted by atomic mass is 10.2. The van der Waals surface area contributed by atoms with Gasteiger partial charge >= 0.3 is 0 Å². The van der Waals surface area contributed by atoms with E-state index in [0.29, 0.717) is 12.1 Å². The molecule has 3 heteroatoms. The van der Waals surface area contributed by atoms with Crippen LogP contribution in [0.4, 0.5) is 0 Å². The summed E-state index contributed by atoms with van der Waals surface area (Å²) in [6.07, 6.45) is 0.492. The Hall–Kier alpha value is -0.120. The summed E-state index contributed by atoms with van der Waals surface area (Å²) in [4.78, 5) is 0. The van der Waals surface area contributed by atoms with Gasteiger partial charge in [0.05, 0.1) is 12.2 Å². The third kappa shape index (κ3) is 4.60. The van der Waals surface area contributed by atoms with Crippen molar-refractivity contribution in [3.05, 3.63) is 0 Å². The molecular formula is C10H24N2O. The van der Waals surface area contributed by atoms with E-state index in [1.807, 2.05) is 14.1 Å². The number of nitrogens with one attached hydrogen (secondary N) is 2. The first-order chi connectivity index (χ1) is 6.02. The minimum Gasteiger partial charge on any atom is -0.372 e. The van der Waals surface area contributed by atoms with Crippen molar-refractivity contribution >= 4 is 0 Å². The van der Waals surface area contributed by atoms with E-state index in [-0.39, 0.29) is 12.2 Å². The smallest absolute Gasteiger partial charge is 0.0701 e. The molecule has 0 aliphatic carbocycles. The Balaban J connectivity index is 3.83. The standard InChI is InChI=1S/C10H24N2O/c1-7(11-5)9(3)13-10(4)8(2)12-6/h7-12H,1-6H3. The molecule has 13 heavy (non-hydrogen) atoms. The molecule has 0 bridgehead atoms. The summed E-state index contributed by atoms with van der Waals surface area (Å²) in [5.74, 6) is 0. The largest absolute Gasteiger partial charge is 0.372 e. The van der Waals surface area contributed by atoms with E-state index < -0.39 is 0 Å². The van der Waals surface area contributed by atoms with E-state index in [1.54, 1.807) is 0 Å².